The molecule has 0 fully saturated rings. The van der Waals surface area contributed by atoms with Crippen molar-refractivity contribution in [2.45, 2.75) is 12.8 Å². The molecule has 1 amide bonds. The number of amides is 1. The molecule has 0 saturated heterocycles. The van der Waals surface area contributed by atoms with Gasteiger partial charge in [-0.2, -0.15) is 4.99 Å². The van der Waals surface area contributed by atoms with Crippen molar-refractivity contribution in [2.75, 3.05) is 13.7 Å². The van der Waals surface area contributed by atoms with E-state index in [9.17, 15) is 4.79 Å². The number of hydrogen-bond acceptors (Lipinski definition) is 2. The molecule has 1 aliphatic rings. The maximum atomic E-state index is 12.2. The molecule has 0 radical (unpaired) electrons. The zero-order valence-corrected chi connectivity index (χ0v) is 14.2. The molecule has 0 heterocycles. The lowest BCUT2D eigenvalue weighted by Crippen LogP contribution is -2.24. The number of hydrogen-bond donors (Lipinski definition) is 2. The molecule has 5 heteroatoms. The average Bonchev–Trinajstić information content (AvgIpc) is 2.61. The highest BCUT2D eigenvalue weighted by Gasteiger charge is 2.21. The normalized spacial score (nSPS) is 13.3. The quantitative estimate of drug-likeness (QED) is 0.663. The summed E-state index contributed by atoms with van der Waals surface area (Å²) in [6, 6.07) is 15.8. The van der Waals surface area contributed by atoms with Crippen LogP contribution < -0.4 is 11.5 Å². The summed E-state index contributed by atoms with van der Waals surface area (Å²) in [5, 5.41) is 0. The summed E-state index contributed by atoms with van der Waals surface area (Å²) >= 11 is 0. The van der Waals surface area contributed by atoms with Gasteiger partial charge in [-0.1, -0.05) is 36.4 Å². The third kappa shape index (κ3) is 3.61. The molecular weight excluding hydrogens is 314 g/mol. The first-order valence-electron chi connectivity index (χ1n) is 8.13. The van der Waals surface area contributed by atoms with Crippen molar-refractivity contribution < 1.29 is 9.53 Å². The zero-order valence-electron chi connectivity index (χ0n) is 14.2. The SMILES string of the molecule is COCC1=C(c2ccccc2)c2cc(C(=O)N=C(N)N)ccc2CC1. The van der Waals surface area contributed by atoms with Crippen LogP contribution in [0.15, 0.2) is 59.1 Å². The summed E-state index contributed by atoms with van der Waals surface area (Å²) in [7, 11) is 1.70. The van der Waals surface area contributed by atoms with Crippen molar-refractivity contribution >= 4 is 17.4 Å². The van der Waals surface area contributed by atoms with Crippen LogP contribution in [0.3, 0.4) is 0 Å². The number of aliphatic imine (C=N–C) groups is 1. The van der Waals surface area contributed by atoms with Crippen molar-refractivity contribution in [1.29, 1.82) is 0 Å². The number of carbonyl (C=O) groups is 1. The zero-order chi connectivity index (χ0) is 17.8. The van der Waals surface area contributed by atoms with Crippen LogP contribution in [-0.2, 0) is 11.2 Å². The highest BCUT2D eigenvalue weighted by molar-refractivity contribution is 6.03. The van der Waals surface area contributed by atoms with Crippen molar-refractivity contribution in [3.05, 3.63) is 76.4 Å². The summed E-state index contributed by atoms with van der Waals surface area (Å²) in [5.41, 5.74) is 16.9. The number of nitrogens with zero attached hydrogens (tertiary/aromatic N) is 1. The van der Waals surface area contributed by atoms with Crippen LogP contribution in [-0.4, -0.2) is 25.6 Å². The highest BCUT2D eigenvalue weighted by Crippen LogP contribution is 2.36. The molecule has 2 aromatic rings. The molecule has 0 spiro atoms. The minimum atomic E-state index is -0.436. The largest absolute Gasteiger partial charge is 0.380 e. The molecule has 0 aromatic heterocycles. The molecule has 5 nitrogen and oxygen atoms in total. The van der Waals surface area contributed by atoms with Crippen LogP contribution >= 0.6 is 0 Å². The summed E-state index contributed by atoms with van der Waals surface area (Å²) in [4.78, 5) is 15.8. The highest BCUT2D eigenvalue weighted by atomic mass is 16.5. The molecule has 0 atom stereocenters. The Morgan fingerprint density at radius 1 is 1.12 bits per heavy atom. The van der Waals surface area contributed by atoms with Gasteiger partial charge in [0.25, 0.3) is 5.91 Å². The van der Waals surface area contributed by atoms with E-state index in [4.69, 9.17) is 16.2 Å². The molecule has 3 rings (SSSR count). The van der Waals surface area contributed by atoms with Crippen molar-refractivity contribution in [2.24, 2.45) is 16.5 Å². The smallest absolute Gasteiger partial charge is 0.280 e. The number of aryl methyl sites for hydroxylation is 1. The lowest BCUT2D eigenvalue weighted by Gasteiger charge is -2.24. The fraction of sp³-hybridized carbons (Fsp3) is 0.200. The maximum Gasteiger partial charge on any atom is 0.280 e. The van der Waals surface area contributed by atoms with E-state index in [1.807, 2.05) is 30.3 Å². The van der Waals surface area contributed by atoms with E-state index >= 15 is 0 Å². The Balaban J connectivity index is 2.15. The number of fused-ring (bicyclic) bond motifs is 1. The van der Waals surface area contributed by atoms with Gasteiger partial charge in [-0.3, -0.25) is 4.79 Å². The van der Waals surface area contributed by atoms with Gasteiger partial charge in [0.05, 0.1) is 6.61 Å². The number of nitrogens with two attached hydrogens (primary N) is 2. The molecule has 25 heavy (non-hydrogen) atoms. The van der Waals surface area contributed by atoms with Crippen molar-refractivity contribution in [1.82, 2.24) is 0 Å². The molecular formula is C20H21N3O2. The first-order valence-corrected chi connectivity index (χ1v) is 8.13. The molecule has 2 aromatic carbocycles. The van der Waals surface area contributed by atoms with E-state index in [1.165, 1.54) is 11.1 Å². The van der Waals surface area contributed by atoms with E-state index in [1.54, 1.807) is 13.2 Å². The van der Waals surface area contributed by atoms with Gasteiger partial charge in [0.2, 0.25) is 0 Å². The third-order valence-electron chi connectivity index (χ3n) is 4.29. The fourth-order valence-corrected chi connectivity index (χ4v) is 3.23. The maximum absolute atomic E-state index is 12.2. The van der Waals surface area contributed by atoms with E-state index in [2.05, 4.69) is 17.1 Å². The van der Waals surface area contributed by atoms with Gasteiger partial charge in [0.1, 0.15) is 0 Å². The van der Waals surface area contributed by atoms with Gasteiger partial charge < -0.3 is 16.2 Å². The minimum Gasteiger partial charge on any atom is -0.380 e. The molecule has 1 aliphatic carbocycles. The van der Waals surface area contributed by atoms with Gasteiger partial charge in [0, 0.05) is 12.7 Å². The lowest BCUT2D eigenvalue weighted by molar-refractivity contribution is 0.100. The predicted molar refractivity (Wildman–Crippen MR) is 99.2 cm³/mol. The van der Waals surface area contributed by atoms with Crippen LogP contribution in [0, 0.1) is 0 Å². The predicted octanol–water partition coefficient (Wildman–Crippen LogP) is 2.49. The van der Waals surface area contributed by atoms with Crippen molar-refractivity contribution in [3.63, 3.8) is 0 Å². The first kappa shape index (κ1) is 16.9. The van der Waals surface area contributed by atoms with Gasteiger partial charge in [-0.15, -0.1) is 0 Å². The molecule has 0 bridgehead atoms. The van der Waals surface area contributed by atoms with Crippen LogP contribution in [0.1, 0.15) is 33.5 Å². The summed E-state index contributed by atoms with van der Waals surface area (Å²) in [6.45, 7) is 0.565. The molecule has 128 valence electrons. The van der Waals surface area contributed by atoms with E-state index in [0.29, 0.717) is 12.2 Å². The van der Waals surface area contributed by atoms with E-state index < -0.39 is 5.91 Å². The average molecular weight is 335 g/mol. The molecule has 0 unspecified atom stereocenters. The Labute approximate surface area is 147 Å². The van der Waals surface area contributed by atoms with Gasteiger partial charge >= 0.3 is 0 Å². The summed E-state index contributed by atoms with van der Waals surface area (Å²) < 4.78 is 5.40. The Hall–Kier alpha value is -2.92. The molecule has 4 N–H and O–H groups in total. The third-order valence-corrected chi connectivity index (χ3v) is 4.29. The van der Waals surface area contributed by atoms with Gasteiger partial charge in [-0.25, -0.2) is 0 Å². The lowest BCUT2D eigenvalue weighted by atomic mass is 9.81. The van der Waals surface area contributed by atoms with E-state index in [0.717, 1.165) is 29.5 Å². The van der Waals surface area contributed by atoms with Crippen molar-refractivity contribution in [3.8, 4) is 0 Å². The Bertz CT molecular complexity index is 850. The number of benzene rings is 2. The Kier molecular flexibility index (Phi) is 4.95. The molecule has 0 saturated carbocycles. The topological polar surface area (TPSA) is 90.7 Å². The fourth-order valence-electron chi connectivity index (χ4n) is 3.23. The second-order valence-corrected chi connectivity index (χ2v) is 5.99. The minimum absolute atomic E-state index is 0.235. The number of methoxy groups -OCH3 is 1. The van der Waals surface area contributed by atoms with E-state index in [-0.39, 0.29) is 5.96 Å². The summed E-state index contributed by atoms with van der Waals surface area (Å²) in [5.74, 6) is -0.671. The monoisotopic (exact) mass is 335 g/mol. The van der Waals surface area contributed by atoms with Crippen LogP contribution in [0.5, 0.6) is 0 Å². The number of carbonyl (C=O) groups excluding carboxylic acids is 1. The van der Waals surface area contributed by atoms with Crippen LogP contribution in [0.4, 0.5) is 0 Å². The summed E-state index contributed by atoms with van der Waals surface area (Å²) in [6.07, 6.45) is 1.85. The molecule has 0 aliphatic heterocycles. The van der Waals surface area contributed by atoms with Gasteiger partial charge in [0.15, 0.2) is 5.96 Å². The number of guanidine groups is 1. The standard InChI is InChI=1S/C20H21N3O2/c1-25-12-16-10-8-13-7-9-15(19(24)23-20(21)22)11-17(13)18(16)14-5-3-2-4-6-14/h2-7,9,11H,8,10,12H2,1H3,(H4,21,22,23,24). The first-order chi connectivity index (χ1) is 12.1. The second kappa shape index (κ2) is 7.32. The number of rotatable bonds is 4. The second-order valence-electron chi connectivity index (χ2n) is 5.99. The van der Waals surface area contributed by atoms with Crippen LogP contribution in [0.25, 0.3) is 5.57 Å². The number of ether oxygens (including phenoxy) is 1. The Morgan fingerprint density at radius 2 is 1.88 bits per heavy atom. The Morgan fingerprint density at radius 3 is 2.56 bits per heavy atom. The van der Waals surface area contributed by atoms with Crippen LogP contribution in [0.2, 0.25) is 0 Å². The van der Waals surface area contributed by atoms with Gasteiger partial charge in [-0.05, 0) is 52.8 Å².